The summed E-state index contributed by atoms with van der Waals surface area (Å²) in [5, 5.41) is 13.5. The normalized spacial score (nSPS) is 11.8. The molecule has 9 heteroatoms. The van der Waals surface area contributed by atoms with Crippen molar-refractivity contribution in [3.8, 4) is 0 Å². The van der Waals surface area contributed by atoms with Crippen LogP contribution >= 0.6 is 0 Å². The van der Waals surface area contributed by atoms with Crippen LogP contribution in [0.25, 0.3) is 0 Å². The van der Waals surface area contributed by atoms with E-state index in [1.165, 1.54) is 12.4 Å². The van der Waals surface area contributed by atoms with Gasteiger partial charge in [0.1, 0.15) is 4.90 Å². The predicted molar refractivity (Wildman–Crippen MR) is 73.4 cm³/mol. The molecule has 0 saturated carbocycles. The van der Waals surface area contributed by atoms with Crippen molar-refractivity contribution in [1.82, 2.24) is 30.0 Å². The van der Waals surface area contributed by atoms with Crippen LogP contribution in [0.3, 0.4) is 0 Å². The Morgan fingerprint density at radius 2 is 2.25 bits per heavy atom. The van der Waals surface area contributed by atoms with E-state index < -0.39 is 10.0 Å². The first-order valence-electron chi connectivity index (χ1n) is 6.26. The fourth-order valence-electron chi connectivity index (χ4n) is 1.66. The van der Waals surface area contributed by atoms with Crippen LogP contribution in [0.1, 0.15) is 12.0 Å². The fraction of sp³-hybridized carbons (Fsp3) is 0.455. The Labute approximate surface area is 117 Å². The summed E-state index contributed by atoms with van der Waals surface area (Å²) >= 11 is 0. The first kappa shape index (κ1) is 14.7. The molecule has 8 nitrogen and oxygen atoms in total. The number of aromatic amines is 1. The number of nitrogens with one attached hydrogen (secondary N) is 3. The van der Waals surface area contributed by atoms with Gasteiger partial charge in [0, 0.05) is 31.0 Å². The molecule has 0 unspecified atom stereocenters. The van der Waals surface area contributed by atoms with E-state index in [-0.39, 0.29) is 11.4 Å². The van der Waals surface area contributed by atoms with Gasteiger partial charge in [0.05, 0.1) is 12.4 Å². The Morgan fingerprint density at radius 1 is 1.40 bits per heavy atom. The highest BCUT2D eigenvalue weighted by Crippen LogP contribution is 2.08. The highest BCUT2D eigenvalue weighted by atomic mass is 32.2. The molecule has 110 valence electrons. The summed E-state index contributed by atoms with van der Waals surface area (Å²) in [7, 11) is -1.66. The highest BCUT2D eigenvalue weighted by molar-refractivity contribution is 7.89. The van der Waals surface area contributed by atoms with Gasteiger partial charge in [0.2, 0.25) is 10.0 Å². The molecule has 0 aliphatic rings. The topological polar surface area (TPSA) is 105 Å². The summed E-state index contributed by atoms with van der Waals surface area (Å²) in [4.78, 5) is 0.172. The van der Waals surface area contributed by atoms with Gasteiger partial charge in [-0.3, -0.25) is 9.78 Å². The molecule has 0 spiro atoms. The smallest absolute Gasteiger partial charge is 0.243 e. The van der Waals surface area contributed by atoms with Gasteiger partial charge in [0.15, 0.2) is 0 Å². The lowest BCUT2D eigenvalue weighted by Gasteiger charge is -2.03. The lowest BCUT2D eigenvalue weighted by Crippen LogP contribution is -2.22. The molecule has 2 heterocycles. The molecule has 3 N–H and O–H groups in total. The van der Waals surface area contributed by atoms with E-state index in [0.717, 1.165) is 18.5 Å². The minimum Gasteiger partial charge on any atom is -0.320 e. The molecule has 0 aliphatic heterocycles. The SMILES string of the molecule is CNCCCn1cc(S(=O)(=O)NCc2cn[nH]c2)cn1. The van der Waals surface area contributed by atoms with Gasteiger partial charge in [-0.15, -0.1) is 0 Å². The standard InChI is InChI=1S/C11H18N6O2S/c1-12-3-2-4-17-9-11(8-15-17)20(18,19)16-7-10-5-13-14-6-10/h5-6,8-9,12,16H,2-4,7H2,1H3,(H,13,14). The van der Waals surface area contributed by atoms with Crippen molar-refractivity contribution in [3.63, 3.8) is 0 Å². The third kappa shape index (κ3) is 3.89. The molecule has 2 rings (SSSR count). The maximum absolute atomic E-state index is 12.1. The zero-order chi connectivity index (χ0) is 14.4. The highest BCUT2D eigenvalue weighted by Gasteiger charge is 2.16. The predicted octanol–water partition coefficient (Wildman–Crippen LogP) is -0.306. The largest absolute Gasteiger partial charge is 0.320 e. The minimum atomic E-state index is -3.54. The number of hydrogen-bond acceptors (Lipinski definition) is 5. The van der Waals surface area contributed by atoms with Crippen LogP contribution in [0.2, 0.25) is 0 Å². The molecule has 2 aromatic rings. The average Bonchev–Trinajstić information content (AvgIpc) is 3.08. The van der Waals surface area contributed by atoms with Crippen LogP contribution < -0.4 is 10.0 Å². The summed E-state index contributed by atoms with van der Waals surface area (Å²) in [6.07, 6.45) is 7.00. The van der Waals surface area contributed by atoms with Crippen molar-refractivity contribution >= 4 is 10.0 Å². The minimum absolute atomic E-state index is 0.172. The number of nitrogens with zero attached hydrogens (tertiary/aromatic N) is 3. The zero-order valence-corrected chi connectivity index (χ0v) is 12.0. The van der Waals surface area contributed by atoms with Gasteiger partial charge in [-0.25, -0.2) is 13.1 Å². The van der Waals surface area contributed by atoms with Crippen molar-refractivity contribution in [1.29, 1.82) is 0 Å². The lowest BCUT2D eigenvalue weighted by molar-refractivity contribution is 0.560. The molecular formula is C11H18N6O2S. The van der Waals surface area contributed by atoms with Gasteiger partial charge in [0.25, 0.3) is 0 Å². The van der Waals surface area contributed by atoms with E-state index in [2.05, 4.69) is 25.3 Å². The molecule has 0 radical (unpaired) electrons. The number of rotatable bonds is 8. The zero-order valence-electron chi connectivity index (χ0n) is 11.2. The van der Waals surface area contributed by atoms with Crippen LogP contribution in [-0.2, 0) is 23.1 Å². The van der Waals surface area contributed by atoms with Gasteiger partial charge in [-0.1, -0.05) is 0 Å². The van der Waals surface area contributed by atoms with Crippen LogP contribution in [0.15, 0.2) is 29.7 Å². The fourth-order valence-corrected chi connectivity index (χ4v) is 2.63. The van der Waals surface area contributed by atoms with Crippen LogP contribution in [-0.4, -0.2) is 42.0 Å². The molecule has 0 amide bonds. The van der Waals surface area contributed by atoms with Crippen molar-refractivity contribution in [2.24, 2.45) is 0 Å². The Balaban J connectivity index is 1.95. The third-order valence-electron chi connectivity index (χ3n) is 2.76. The number of sulfonamides is 1. The maximum atomic E-state index is 12.1. The Bertz CT molecular complexity index is 619. The molecule has 0 atom stereocenters. The Kier molecular flexibility index (Phi) is 4.88. The van der Waals surface area contributed by atoms with E-state index in [9.17, 15) is 8.42 Å². The van der Waals surface area contributed by atoms with E-state index in [4.69, 9.17) is 0 Å². The molecule has 0 saturated heterocycles. The summed E-state index contributed by atoms with van der Waals surface area (Å²) in [5.74, 6) is 0. The van der Waals surface area contributed by atoms with Crippen LogP contribution in [0, 0.1) is 0 Å². The van der Waals surface area contributed by atoms with Gasteiger partial charge in [-0.05, 0) is 20.0 Å². The second-order valence-electron chi connectivity index (χ2n) is 4.33. The molecule has 20 heavy (non-hydrogen) atoms. The summed E-state index contributed by atoms with van der Waals surface area (Å²) < 4.78 is 28.3. The van der Waals surface area contributed by atoms with Crippen LogP contribution in [0.4, 0.5) is 0 Å². The average molecular weight is 298 g/mol. The molecule has 0 fully saturated rings. The van der Waals surface area contributed by atoms with Gasteiger partial charge in [-0.2, -0.15) is 10.2 Å². The number of H-pyrrole nitrogens is 1. The quantitative estimate of drug-likeness (QED) is 0.580. The maximum Gasteiger partial charge on any atom is 0.243 e. The lowest BCUT2D eigenvalue weighted by atomic mass is 10.4. The van der Waals surface area contributed by atoms with Crippen molar-refractivity contribution < 1.29 is 8.42 Å². The summed E-state index contributed by atoms with van der Waals surface area (Å²) in [6, 6.07) is 0. The van der Waals surface area contributed by atoms with E-state index in [1.807, 2.05) is 7.05 Å². The second-order valence-corrected chi connectivity index (χ2v) is 6.09. The number of hydrogen-bond donors (Lipinski definition) is 3. The monoisotopic (exact) mass is 298 g/mol. The molecular weight excluding hydrogens is 280 g/mol. The number of aryl methyl sites for hydroxylation is 1. The molecule has 0 aromatic carbocycles. The first-order chi connectivity index (χ1) is 9.62. The third-order valence-corrected chi connectivity index (χ3v) is 4.11. The van der Waals surface area contributed by atoms with Crippen molar-refractivity contribution in [3.05, 3.63) is 30.4 Å². The molecule has 2 aromatic heterocycles. The van der Waals surface area contributed by atoms with Gasteiger partial charge >= 0.3 is 0 Å². The first-order valence-corrected chi connectivity index (χ1v) is 7.74. The number of aromatic nitrogens is 4. The van der Waals surface area contributed by atoms with Crippen LogP contribution in [0.5, 0.6) is 0 Å². The van der Waals surface area contributed by atoms with Gasteiger partial charge < -0.3 is 5.32 Å². The van der Waals surface area contributed by atoms with Crippen molar-refractivity contribution in [2.75, 3.05) is 13.6 Å². The Morgan fingerprint density at radius 3 is 2.95 bits per heavy atom. The molecule has 0 aliphatic carbocycles. The van der Waals surface area contributed by atoms with Crippen molar-refractivity contribution in [2.45, 2.75) is 24.4 Å². The molecule has 0 bridgehead atoms. The summed E-state index contributed by atoms with van der Waals surface area (Å²) in [6.45, 7) is 1.74. The Hall–Kier alpha value is -1.71. The van der Waals surface area contributed by atoms with E-state index in [0.29, 0.717) is 6.54 Å². The van der Waals surface area contributed by atoms with E-state index in [1.54, 1.807) is 17.1 Å². The van der Waals surface area contributed by atoms with E-state index >= 15 is 0 Å². The summed E-state index contributed by atoms with van der Waals surface area (Å²) in [5.41, 5.74) is 0.773. The second kappa shape index (κ2) is 6.64.